The van der Waals surface area contributed by atoms with E-state index in [1.54, 1.807) is 6.20 Å². The number of benzene rings is 1. The van der Waals surface area contributed by atoms with E-state index in [1.165, 1.54) is 0 Å². The molecule has 3 nitrogen and oxygen atoms in total. The molecule has 0 N–H and O–H groups in total. The molecule has 1 aromatic carbocycles. The van der Waals surface area contributed by atoms with Crippen molar-refractivity contribution < 1.29 is 4.43 Å². The van der Waals surface area contributed by atoms with E-state index in [0.29, 0.717) is 0 Å². The lowest BCUT2D eigenvalue weighted by molar-refractivity contribution is 0.554. The van der Waals surface area contributed by atoms with E-state index in [0.717, 1.165) is 29.1 Å². The van der Waals surface area contributed by atoms with Crippen molar-refractivity contribution in [3.8, 4) is 5.75 Å². The second kappa shape index (κ2) is 6.67. The summed E-state index contributed by atoms with van der Waals surface area (Å²) in [7, 11) is -1.65. The maximum atomic E-state index is 6.18. The van der Waals surface area contributed by atoms with Gasteiger partial charge in [0, 0.05) is 24.5 Å². The van der Waals surface area contributed by atoms with Crippen LogP contribution in [0.25, 0.3) is 0 Å². The zero-order valence-corrected chi connectivity index (χ0v) is 14.1. The van der Waals surface area contributed by atoms with Crippen LogP contribution in [-0.2, 0) is 6.42 Å². The molecular formula is C17H22N2OSi. The zero-order valence-electron chi connectivity index (χ0n) is 13.1. The molecule has 0 saturated carbocycles. The Kier molecular flexibility index (Phi) is 4.91. The second-order valence-electron chi connectivity index (χ2n) is 5.97. The molecule has 21 heavy (non-hydrogen) atoms. The van der Waals surface area contributed by atoms with Crippen LogP contribution in [0.3, 0.4) is 0 Å². The van der Waals surface area contributed by atoms with Crippen LogP contribution >= 0.6 is 0 Å². The number of pyridine rings is 1. The van der Waals surface area contributed by atoms with Crippen molar-refractivity contribution in [2.45, 2.75) is 33.0 Å². The van der Waals surface area contributed by atoms with Crippen LogP contribution in [0.1, 0.15) is 11.3 Å². The van der Waals surface area contributed by atoms with Gasteiger partial charge in [-0.25, -0.2) is 0 Å². The normalized spacial score (nSPS) is 11.8. The second-order valence-corrected chi connectivity index (χ2v) is 10.4. The lowest BCUT2D eigenvalue weighted by Crippen LogP contribution is -2.29. The Morgan fingerprint density at radius 1 is 1.14 bits per heavy atom. The first-order valence-electron chi connectivity index (χ1n) is 7.17. The quantitative estimate of drug-likeness (QED) is 0.599. The standard InChI is InChI=1S/C17H22N2OSi/c1-14-8-7-10-16(17(14)20-21(2,3)4)19-13-11-15-9-5-6-12-18-15/h5-10,12-13H,11H2,1-4H3. The van der Waals surface area contributed by atoms with Crippen molar-refractivity contribution in [1.82, 2.24) is 4.98 Å². The summed E-state index contributed by atoms with van der Waals surface area (Å²) in [5, 5.41) is 0. The number of hydrogen-bond donors (Lipinski definition) is 0. The van der Waals surface area contributed by atoms with Crippen molar-refractivity contribution in [1.29, 1.82) is 0 Å². The van der Waals surface area contributed by atoms with E-state index in [9.17, 15) is 0 Å². The number of rotatable bonds is 5. The average molecular weight is 298 g/mol. The molecule has 0 bridgehead atoms. The van der Waals surface area contributed by atoms with Gasteiger partial charge in [0.15, 0.2) is 0 Å². The Balaban J connectivity index is 2.18. The number of hydrogen-bond acceptors (Lipinski definition) is 3. The molecule has 110 valence electrons. The van der Waals surface area contributed by atoms with Crippen LogP contribution in [0, 0.1) is 6.92 Å². The van der Waals surface area contributed by atoms with Gasteiger partial charge in [0.25, 0.3) is 0 Å². The van der Waals surface area contributed by atoms with E-state index < -0.39 is 8.32 Å². The van der Waals surface area contributed by atoms with Gasteiger partial charge in [0.1, 0.15) is 11.4 Å². The van der Waals surface area contributed by atoms with Crippen molar-refractivity contribution in [2.75, 3.05) is 0 Å². The van der Waals surface area contributed by atoms with Crippen molar-refractivity contribution >= 4 is 20.2 Å². The highest BCUT2D eigenvalue weighted by atomic mass is 28.4. The Bertz CT molecular complexity index is 618. The van der Waals surface area contributed by atoms with Gasteiger partial charge in [-0.1, -0.05) is 18.2 Å². The van der Waals surface area contributed by atoms with Crippen LogP contribution in [0.4, 0.5) is 5.69 Å². The fourth-order valence-corrected chi connectivity index (χ4v) is 2.81. The molecule has 2 aromatic rings. The Labute approximate surface area is 127 Å². The molecule has 2 rings (SSSR count). The third-order valence-electron chi connectivity index (χ3n) is 2.86. The zero-order chi connectivity index (χ0) is 15.3. The molecular weight excluding hydrogens is 276 g/mol. The van der Waals surface area contributed by atoms with Gasteiger partial charge in [-0.2, -0.15) is 0 Å². The molecule has 0 fully saturated rings. The highest BCUT2D eigenvalue weighted by molar-refractivity contribution is 6.70. The van der Waals surface area contributed by atoms with E-state index in [2.05, 4.69) is 42.6 Å². The van der Waals surface area contributed by atoms with Gasteiger partial charge in [0.2, 0.25) is 8.32 Å². The summed E-state index contributed by atoms with van der Waals surface area (Å²) in [6.07, 6.45) is 4.42. The number of aliphatic imine (C=N–C) groups is 1. The summed E-state index contributed by atoms with van der Waals surface area (Å²) in [4.78, 5) is 8.87. The molecule has 0 spiro atoms. The first-order chi connectivity index (χ1) is 9.96. The minimum Gasteiger partial charge on any atom is -0.543 e. The summed E-state index contributed by atoms with van der Waals surface area (Å²) >= 11 is 0. The van der Waals surface area contributed by atoms with Crippen LogP contribution in [0.2, 0.25) is 19.6 Å². The van der Waals surface area contributed by atoms with Gasteiger partial charge < -0.3 is 4.43 Å². The largest absolute Gasteiger partial charge is 0.543 e. The number of nitrogens with zero attached hydrogens (tertiary/aromatic N) is 2. The molecule has 0 radical (unpaired) electrons. The molecule has 0 aliphatic rings. The molecule has 0 unspecified atom stereocenters. The SMILES string of the molecule is Cc1cccc(N=CCc2ccccn2)c1O[Si](C)(C)C. The predicted octanol–water partition coefficient (Wildman–Crippen LogP) is 4.55. The Morgan fingerprint density at radius 2 is 1.95 bits per heavy atom. The number of aryl methyl sites for hydroxylation is 1. The minimum absolute atomic E-state index is 0.723. The molecule has 0 saturated heterocycles. The Hall–Kier alpha value is -1.94. The smallest absolute Gasteiger partial charge is 0.242 e. The van der Waals surface area contributed by atoms with Gasteiger partial charge in [-0.15, -0.1) is 0 Å². The summed E-state index contributed by atoms with van der Waals surface area (Å²) in [6.45, 7) is 8.61. The average Bonchev–Trinajstić information content (AvgIpc) is 2.42. The maximum absolute atomic E-state index is 6.18. The van der Waals surface area contributed by atoms with Gasteiger partial charge in [-0.05, 0) is 50.3 Å². The number of aromatic nitrogens is 1. The Morgan fingerprint density at radius 3 is 2.62 bits per heavy atom. The van der Waals surface area contributed by atoms with Crippen LogP contribution in [0.15, 0.2) is 47.6 Å². The van der Waals surface area contributed by atoms with Gasteiger partial charge in [0.05, 0.1) is 0 Å². The fourth-order valence-electron chi connectivity index (χ4n) is 1.93. The summed E-state index contributed by atoms with van der Waals surface area (Å²) in [5.41, 5.74) is 3.04. The lowest BCUT2D eigenvalue weighted by atomic mass is 10.2. The summed E-state index contributed by atoms with van der Waals surface area (Å²) in [5.74, 6) is 0.911. The van der Waals surface area contributed by atoms with Crippen LogP contribution < -0.4 is 4.43 Å². The van der Waals surface area contributed by atoms with Crippen LogP contribution in [-0.4, -0.2) is 19.5 Å². The third-order valence-corrected chi connectivity index (χ3v) is 3.67. The lowest BCUT2D eigenvalue weighted by Gasteiger charge is -2.22. The molecule has 0 amide bonds. The molecule has 4 heteroatoms. The highest BCUT2D eigenvalue weighted by Gasteiger charge is 2.19. The number of para-hydroxylation sites is 1. The van der Waals surface area contributed by atoms with Crippen molar-refractivity contribution in [2.24, 2.45) is 4.99 Å². The van der Waals surface area contributed by atoms with Crippen molar-refractivity contribution in [3.63, 3.8) is 0 Å². The predicted molar refractivity (Wildman–Crippen MR) is 91.2 cm³/mol. The summed E-state index contributed by atoms with van der Waals surface area (Å²) in [6, 6.07) is 12.0. The molecule has 1 aromatic heterocycles. The first kappa shape index (κ1) is 15.4. The van der Waals surface area contributed by atoms with E-state index in [-0.39, 0.29) is 0 Å². The molecule has 1 heterocycles. The fraction of sp³-hybridized carbons (Fsp3) is 0.294. The van der Waals surface area contributed by atoms with E-state index in [4.69, 9.17) is 4.43 Å². The van der Waals surface area contributed by atoms with E-state index in [1.807, 2.05) is 36.5 Å². The molecule has 0 aliphatic heterocycles. The highest BCUT2D eigenvalue weighted by Crippen LogP contribution is 2.32. The minimum atomic E-state index is -1.65. The third kappa shape index (κ3) is 4.83. The monoisotopic (exact) mass is 298 g/mol. The topological polar surface area (TPSA) is 34.5 Å². The summed E-state index contributed by atoms with van der Waals surface area (Å²) < 4.78 is 6.18. The first-order valence-corrected chi connectivity index (χ1v) is 10.6. The van der Waals surface area contributed by atoms with Crippen molar-refractivity contribution in [3.05, 3.63) is 53.9 Å². The van der Waals surface area contributed by atoms with Gasteiger partial charge >= 0.3 is 0 Å². The van der Waals surface area contributed by atoms with E-state index >= 15 is 0 Å². The van der Waals surface area contributed by atoms with Crippen LogP contribution in [0.5, 0.6) is 5.75 Å². The molecule has 0 aliphatic carbocycles. The maximum Gasteiger partial charge on any atom is 0.242 e. The molecule has 0 atom stereocenters. The van der Waals surface area contributed by atoms with Gasteiger partial charge in [-0.3, -0.25) is 9.98 Å².